The third-order valence-corrected chi connectivity index (χ3v) is 6.43. The summed E-state index contributed by atoms with van der Waals surface area (Å²) in [6.45, 7) is 3.13. The van der Waals surface area contributed by atoms with E-state index in [2.05, 4.69) is 38.0 Å². The van der Waals surface area contributed by atoms with Crippen molar-refractivity contribution in [2.75, 3.05) is 45.7 Å². The summed E-state index contributed by atoms with van der Waals surface area (Å²) in [6.07, 6.45) is 4.32. The molecular weight excluding hydrogens is 438 g/mol. The molecule has 35 heavy (non-hydrogen) atoms. The van der Waals surface area contributed by atoms with Gasteiger partial charge in [0.05, 0.1) is 24.2 Å². The smallest absolute Gasteiger partial charge is 0.320 e. The molecule has 1 aromatic heterocycles. The average Bonchev–Trinajstić information content (AvgIpc) is 3.33. The van der Waals surface area contributed by atoms with E-state index in [1.807, 2.05) is 68.6 Å². The van der Waals surface area contributed by atoms with E-state index in [4.69, 9.17) is 0 Å². The number of fused-ring (bicyclic) bond motifs is 1. The summed E-state index contributed by atoms with van der Waals surface area (Å²) in [5, 5.41) is 9.54. The Morgan fingerprint density at radius 2 is 1.97 bits per heavy atom. The van der Waals surface area contributed by atoms with Crippen LogP contribution >= 0.6 is 0 Å². The number of rotatable bonds is 7. The van der Waals surface area contributed by atoms with Crippen molar-refractivity contribution in [1.29, 1.82) is 5.26 Å². The zero-order valence-corrected chi connectivity index (χ0v) is 20.7. The molecule has 0 spiro atoms. The predicted octanol–water partition coefficient (Wildman–Crippen LogP) is 3.33. The van der Waals surface area contributed by atoms with Crippen molar-refractivity contribution in [3.63, 3.8) is 0 Å². The minimum atomic E-state index is -0.0559. The topological polar surface area (TPSA) is 82.5 Å². The van der Waals surface area contributed by atoms with Crippen molar-refractivity contribution in [2.24, 2.45) is 0 Å². The molecule has 2 heterocycles. The lowest BCUT2D eigenvalue weighted by Crippen LogP contribution is -2.51. The minimum Gasteiger partial charge on any atom is -0.362 e. The first-order valence-corrected chi connectivity index (χ1v) is 11.9. The number of nitrogens with one attached hydrogen (secondary N) is 1. The van der Waals surface area contributed by atoms with Crippen molar-refractivity contribution in [3.05, 3.63) is 83.4 Å². The molecular formula is C27H33N7O. The molecule has 2 aromatic carbocycles. The van der Waals surface area contributed by atoms with Gasteiger partial charge in [-0.15, -0.1) is 0 Å². The van der Waals surface area contributed by atoms with Gasteiger partial charge in [0.25, 0.3) is 0 Å². The first-order chi connectivity index (χ1) is 16.9. The van der Waals surface area contributed by atoms with Gasteiger partial charge in [-0.1, -0.05) is 30.3 Å². The summed E-state index contributed by atoms with van der Waals surface area (Å²) in [7, 11) is 5.88. The van der Waals surface area contributed by atoms with Gasteiger partial charge in [-0.3, -0.25) is 0 Å². The summed E-state index contributed by atoms with van der Waals surface area (Å²) in [5.41, 5.74) is 3.79. The third kappa shape index (κ3) is 6.00. The molecule has 0 aliphatic carbocycles. The molecule has 0 bridgehead atoms. The van der Waals surface area contributed by atoms with Crippen LogP contribution in [0.4, 0.5) is 10.5 Å². The number of amides is 2. The third-order valence-electron chi connectivity index (χ3n) is 6.43. The highest BCUT2D eigenvalue weighted by molar-refractivity contribution is 5.75. The second-order valence-electron chi connectivity index (χ2n) is 9.35. The first kappa shape index (κ1) is 24.3. The number of nitriles is 1. The number of carbonyl (C=O) groups excluding carboxylic acids is 1. The van der Waals surface area contributed by atoms with Crippen LogP contribution in [0.1, 0.15) is 22.5 Å². The SMILES string of the molecule is CN(C)CCN(C)C(=O)N1Cc2cc(C#N)ccc2N(Cc2ncc[nH]2)C[C@H]1Cc1ccccc1. The van der Waals surface area contributed by atoms with E-state index in [0.717, 1.165) is 30.0 Å². The van der Waals surface area contributed by atoms with E-state index < -0.39 is 0 Å². The molecule has 0 fully saturated rings. The molecule has 182 valence electrons. The average molecular weight is 472 g/mol. The van der Waals surface area contributed by atoms with Crippen LogP contribution in [-0.4, -0.2) is 77.5 Å². The maximum absolute atomic E-state index is 13.8. The number of likely N-dealkylation sites (N-methyl/N-ethyl adjacent to an activating group) is 2. The van der Waals surface area contributed by atoms with Gasteiger partial charge in [-0.25, -0.2) is 9.78 Å². The molecule has 4 rings (SSSR count). The van der Waals surface area contributed by atoms with Crippen molar-refractivity contribution >= 4 is 11.7 Å². The van der Waals surface area contributed by atoms with Gasteiger partial charge in [0.15, 0.2) is 0 Å². The molecule has 1 N–H and O–H groups in total. The fourth-order valence-electron chi connectivity index (χ4n) is 4.52. The van der Waals surface area contributed by atoms with Crippen molar-refractivity contribution in [3.8, 4) is 6.07 Å². The van der Waals surface area contributed by atoms with Crippen LogP contribution in [0.2, 0.25) is 0 Å². The Hall–Kier alpha value is -3.83. The van der Waals surface area contributed by atoms with Gasteiger partial charge in [0.1, 0.15) is 5.82 Å². The fraction of sp³-hybridized carbons (Fsp3) is 0.370. The number of hydrogen-bond acceptors (Lipinski definition) is 5. The molecule has 0 saturated carbocycles. The standard InChI is InChI=1S/C27H33N7O/c1-31(2)13-14-32(3)27(35)34-18-23-15-22(17-28)9-10-25(23)33(20-26-29-11-12-30-26)19-24(34)16-21-7-5-4-6-8-21/h4-12,15,24H,13-14,16,18-20H2,1-3H3,(H,29,30)/t24-/m1/s1. The van der Waals surface area contributed by atoms with E-state index in [-0.39, 0.29) is 12.1 Å². The second-order valence-corrected chi connectivity index (χ2v) is 9.35. The van der Waals surface area contributed by atoms with E-state index in [1.165, 1.54) is 5.56 Å². The second kappa shape index (κ2) is 11.1. The molecule has 8 nitrogen and oxygen atoms in total. The lowest BCUT2D eigenvalue weighted by atomic mass is 10.0. The number of hydrogen-bond donors (Lipinski definition) is 1. The highest BCUT2D eigenvalue weighted by Gasteiger charge is 2.33. The summed E-state index contributed by atoms with van der Waals surface area (Å²) in [6, 6.07) is 18.3. The summed E-state index contributed by atoms with van der Waals surface area (Å²) in [5.74, 6) is 0.863. The Morgan fingerprint density at radius 3 is 2.66 bits per heavy atom. The van der Waals surface area contributed by atoms with Gasteiger partial charge in [0, 0.05) is 51.3 Å². The van der Waals surface area contributed by atoms with Gasteiger partial charge < -0.3 is 24.6 Å². The molecule has 1 aliphatic rings. The highest BCUT2D eigenvalue weighted by Crippen LogP contribution is 2.31. The van der Waals surface area contributed by atoms with E-state index in [0.29, 0.717) is 31.7 Å². The molecule has 1 aliphatic heterocycles. The monoisotopic (exact) mass is 471 g/mol. The maximum Gasteiger partial charge on any atom is 0.320 e. The number of benzene rings is 2. The number of aromatic amines is 1. The Bertz CT molecular complexity index is 1150. The van der Waals surface area contributed by atoms with Gasteiger partial charge >= 0.3 is 6.03 Å². The molecule has 2 amide bonds. The number of nitrogens with zero attached hydrogens (tertiary/aromatic N) is 6. The summed E-state index contributed by atoms with van der Waals surface area (Å²) in [4.78, 5) is 29.6. The van der Waals surface area contributed by atoms with Crippen molar-refractivity contribution in [2.45, 2.75) is 25.6 Å². The van der Waals surface area contributed by atoms with Gasteiger partial charge in [-0.2, -0.15) is 5.26 Å². The van der Waals surface area contributed by atoms with Crippen LogP contribution in [0, 0.1) is 11.3 Å². The number of carbonyl (C=O) groups is 1. The molecule has 0 unspecified atom stereocenters. The van der Waals surface area contributed by atoms with Crippen LogP contribution in [-0.2, 0) is 19.5 Å². The highest BCUT2D eigenvalue weighted by atomic mass is 16.2. The molecule has 3 aromatic rings. The van der Waals surface area contributed by atoms with Crippen molar-refractivity contribution in [1.82, 2.24) is 24.7 Å². The largest absolute Gasteiger partial charge is 0.362 e. The normalized spacial score (nSPS) is 15.5. The lowest BCUT2D eigenvalue weighted by molar-refractivity contribution is 0.137. The van der Waals surface area contributed by atoms with E-state index >= 15 is 0 Å². The minimum absolute atomic E-state index is 0.000871. The Kier molecular flexibility index (Phi) is 7.68. The van der Waals surface area contributed by atoms with Crippen LogP contribution < -0.4 is 4.90 Å². The van der Waals surface area contributed by atoms with Gasteiger partial charge in [0.2, 0.25) is 0 Å². The summed E-state index contributed by atoms with van der Waals surface area (Å²) < 4.78 is 0. The Morgan fingerprint density at radius 1 is 1.17 bits per heavy atom. The number of imidazole rings is 1. The predicted molar refractivity (Wildman–Crippen MR) is 137 cm³/mol. The zero-order valence-electron chi connectivity index (χ0n) is 20.7. The number of urea groups is 1. The number of aromatic nitrogens is 2. The van der Waals surface area contributed by atoms with E-state index in [9.17, 15) is 10.1 Å². The number of anilines is 1. The number of H-pyrrole nitrogens is 1. The Balaban J connectivity index is 1.71. The Labute approximate surface area is 207 Å². The zero-order chi connectivity index (χ0) is 24.8. The molecule has 1 atom stereocenters. The van der Waals surface area contributed by atoms with Crippen LogP contribution in [0.15, 0.2) is 60.9 Å². The van der Waals surface area contributed by atoms with Crippen LogP contribution in [0.3, 0.4) is 0 Å². The lowest BCUT2D eigenvalue weighted by Gasteiger charge is -2.35. The van der Waals surface area contributed by atoms with Crippen LogP contribution in [0.5, 0.6) is 0 Å². The quantitative estimate of drug-likeness (QED) is 0.572. The van der Waals surface area contributed by atoms with Gasteiger partial charge in [-0.05, 0) is 49.8 Å². The fourth-order valence-corrected chi connectivity index (χ4v) is 4.52. The molecule has 0 radical (unpaired) electrons. The first-order valence-electron chi connectivity index (χ1n) is 11.9. The molecule has 8 heteroatoms. The maximum atomic E-state index is 13.8. The summed E-state index contributed by atoms with van der Waals surface area (Å²) >= 11 is 0. The van der Waals surface area contributed by atoms with E-state index in [1.54, 1.807) is 11.1 Å². The van der Waals surface area contributed by atoms with Crippen LogP contribution in [0.25, 0.3) is 0 Å². The van der Waals surface area contributed by atoms with Crippen molar-refractivity contribution < 1.29 is 4.79 Å². The molecule has 0 saturated heterocycles.